The van der Waals surface area contributed by atoms with Gasteiger partial charge in [-0.2, -0.15) is 0 Å². The average molecular weight is 418 g/mol. The van der Waals surface area contributed by atoms with Crippen molar-refractivity contribution in [1.29, 1.82) is 0 Å². The van der Waals surface area contributed by atoms with E-state index in [4.69, 9.17) is 20.6 Å². The second-order valence-corrected chi connectivity index (χ2v) is 10.3. The smallest absolute Gasteiger partial charge is 0.311 e. The summed E-state index contributed by atoms with van der Waals surface area (Å²) in [4.78, 5) is 0.127. The number of hydrogen-bond donors (Lipinski definition) is 1. The lowest BCUT2D eigenvalue weighted by Crippen LogP contribution is -2.29. The predicted molar refractivity (Wildman–Crippen MR) is 102 cm³/mol. The molecule has 26 heavy (non-hydrogen) atoms. The summed E-state index contributed by atoms with van der Waals surface area (Å²) in [5, 5.41) is 0.511. The van der Waals surface area contributed by atoms with Crippen LogP contribution in [0.15, 0.2) is 53.4 Å². The second-order valence-electron chi connectivity index (χ2n) is 5.64. The van der Waals surface area contributed by atoms with Gasteiger partial charge in [0.05, 0.1) is 10.6 Å². The van der Waals surface area contributed by atoms with Gasteiger partial charge >= 0.3 is 7.60 Å². The van der Waals surface area contributed by atoms with E-state index in [1.807, 2.05) is 6.92 Å². The fraction of sp³-hybridized carbons (Fsp3) is 0.294. The monoisotopic (exact) mass is 417 g/mol. The van der Waals surface area contributed by atoms with Crippen LogP contribution < -0.4 is 4.72 Å². The minimum Gasteiger partial charge on any atom is -0.311 e. The first kappa shape index (κ1) is 21.1. The predicted octanol–water partition coefficient (Wildman–Crippen LogP) is 4.15. The van der Waals surface area contributed by atoms with Crippen LogP contribution in [0, 0.1) is 6.92 Å². The topological polar surface area (TPSA) is 81.7 Å². The quantitative estimate of drug-likeness (QED) is 0.652. The van der Waals surface area contributed by atoms with E-state index in [1.54, 1.807) is 36.4 Å². The van der Waals surface area contributed by atoms with Gasteiger partial charge in [0.2, 0.25) is 10.0 Å². The number of hydrogen-bond acceptors (Lipinski definition) is 5. The van der Waals surface area contributed by atoms with Gasteiger partial charge in [-0.3, -0.25) is 4.57 Å². The van der Waals surface area contributed by atoms with Gasteiger partial charge in [-0.1, -0.05) is 41.4 Å². The minimum atomic E-state index is -3.77. The van der Waals surface area contributed by atoms with E-state index in [2.05, 4.69) is 4.72 Å². The van der Waals surface area contributed by atoms with Crippen LogP contribution in [0.25, 0.3) is 0 Å². The Balaban J connectivity index is 2.31. The summed E-state index contributed by atoms with van der Waals surface area (Å²) in [6.07, 6.45) is 0. The van der Waals surface area contributed by atoms with E-state index in [1.165, 1.54) is 26.4 Å². The summed E-state index contributed by atoms with van der Waals surface area (Å²) in [7, 11) is -4.83. The Kier molecular flexibility index (Phi) is 7.02. The van der Waals surface area contributed by atoms with Crippen LogP contribution in [-0.4, -0.2) is 29.2 Å². The molecule has 2 aromatic carbocycles. The molecule has 1 N–H and O–H groups in total. The van der Waals surface area contributed by atoms with Gasteiger partial charge in [0.15, 0.2) is 0 Å². The Morgan fingerprint density at radius 2 is 1.58 bits per heavy atom. The molecule has 9 heteroatoms. The molecule has 0 fully saturated rings. The first-order valence-electron chi connectivity index (χ1n) is 7.75. The van der Waals surface area contributed by atoms with Crippen LogP contribution in [0.4, 0.5) is 0 Å². The van der Waals surface area contributed by atoms with Gasteiger partial charge in [-0.25, -0.2) is 13.1 Å². The zero-order valence-electron chi connectivity index (χ0n) is 14.7. The molecule has 0 spiro atoms. The number of rotatable bonds is 8. The maximum Gasteiger partial charge on any atom is 0.338 e. The van der Waals surface area contributed by atoms with Crippen LogP contribution in [0.1, 0.15) is 16.8 Å². The lowest BCUT2D eigenvalue weighted by Gasteiger charge is -2.25. The van der Waals surface area contributed by atoms with Crippen molar-refractivity contribution >= 4 is 29.2 Å². The van der Waals surface area contributed by atoms with E-state index < -0.39 is 23.3 Å². The molecule has 0 aliphatic heterocycles. The summed E-state index contributed by atoms with van der Waals surface area (Å²) in [5.41, 5.74) is 0.717. The molecular formula is C17H21ClNO5PS. The zero-order valence-corrected chi connectivity index (χ0v) is 17.1. The number of aryl methyl sites for hydroxylation is 1. The van der Waals surface area contributed by atoms with Crippen LogP contribution in [0.5, 0.6) is 0 Å². The molecule has 1 atom stereocenters. The van der Waals surface area contributed by atoms with Gasteiger partial charge < -0.3 is 9.05 Å². The molecular weight excluding hydrogens is 397 g/mol. The lowest BCUT2D eigenvalue weighted by atomic mass is 10.1. The van der Waals surface area contributed by atoms with Crippen molar-refractivity contribution < 1.29 is 22.0 Å². The third kappa shape index (κ3) is 4.94. The minimum absolute atomic E-state index is 0.127. The van der Waals surface area contributed by atoms with E-state index >= 15 is 0 Å². The van der Waals surface area contributed by atoms with Gasteiger partial charge in [0, 0.05) is 25.8 Å². The van der Waals surface area contributed by atoms with E-state index in [0.717, 1.165) is 5.56 Å². The first-order valence-corrected chi connectivity index (χ1v) is 11.2. The van der Waals surface area contributed by atoms with Crippen molar-refractivity contribution in [3.05, 3.63) is 64.7 Å². The molecule has 2 aromatic rings. The van der Waals surface area contributed by atoms with Crippen LogP contribution in [-0.2, 0) is 23.6 Å². The van der Waals surface area contributed by atoms with E-state index in [0.29, 0.717) is 10.6 Å². The molecule has 0 bridgehead atoms. The Labute approximate surface area is 159 Å². The Morgan fingerprint density at radius 3 is 2.08 bits per heavy atom. The third-order valence-corrected chi connectivity index (χ3v) is 7.90. The molecule has 1 unspecified atom stereocenters. The molecule has 0 saturated carbocycles. The standard InChI is InChI=1S/C17H21ClNO5PS/c1-13-4-10-16(11-5-13)26(21,22)19-12-17(25(20,23-2)24-3)14-6-8-15(18)9-7-14/h4-11,17,19H,12H2,1-3H3. The summed E-state index contributed by atoms with van der Waals surface area (Å²) in [5.74, 6) is 0. The molecule has 0 aromatic heterocycles. The number of nitrogens with one attached hydrogen (secondary N) is 1. The molecule has 0 heterocycles. The number of halogens is 1. The highest BCUT2D eigenvalue weighted by molar-refractivity contribution is 7.89. The first-order chi connectivity index (χ1) is 12.2. The summed E-state index contributed by atoms with van der Waals surface area (Å²) in [6, 6.07) is 13.0. The fourth-order valence-electron chi connectivity index (χ4n) is 2.42. The molecule has 2 rings (SSSR count). The maximum absolute atomic E-state index is 12.9. The average Bonchev–Trinajstić information content (AvgIpc) is 2.63. The normalized spacial score (nSPS) is 13.5. The van der Waals surface area contributed by atoms with E-state index in [9.17, 15) is 13.0 Å². The zero-order chi connectivity index (χ0) is 19.4. The molecule has 0 saturated heterocycles. The maximum atomic E-state index is 12.9. The summed E-state index contributed by atoms with van der Waals surface area (Å²) in [6.45, 7) is 1.71. The fourth-order valence-corrected chi connectivity index (χ4v) is 5.22. The highest BCUT2D eigenvalue weighted by Gasteiger charge is 2.36. The second kappa shape index (κ2) is 8.65. The van der Waals surface area contributed by atoms with Gasteiger partial charge in [-0.05, 0) is 36.8 Å². The number of sulfonamides is 1. The molecule has 0 radical (unpaired) electrons. The number of benzene rings is 2. The highest BCUT2D eigenvalue weighted by Crippen LogP contribution is 2.59. The Bertz CT molecular complexity index is 876. The Morgan fingerprint density at radius 1 is 1.04 bits per heavy atom. The van der Waals surface area contributed by atoms with Crippen LogP contribution in [0.3, 0.4) is 0 Å². The summed E-state index contributed by atoms with van der Waals surface area (Å²) < 4.78 is 50.7. The SMILES string of the molecule is COP(=O)(OC)C(CNS(=O)(=O)c1ccc(C)cc1)c1ccc(Cl)cc1. The van der Waals surface area contributed by atoms with Gasteiger partial charge in [-0.15, -0.1) is 0 Å². The largest absolute Gasteiger partial charge is 0.338 e. The molecule has 0 aliphatic carbocycles. The van der Waals surface area contributed by atoms with E-state index in [-0.39, 0.29) is 11.4 Å². The molecule has 0 amide bonds. The van der Waals surface area contributed by atoms with Crippen molar-refractivity contribution in [3.8, 4) is 0 Å². The van der Waals surface area contributed by atoms with Crippen molar-refractivity contribution in [2.75, 3.05) is 20.8 Å². The van der Waals surface area contributed by atoms with Gasteiger partial charge in [0.25, 0.3) is 0 Å². The highest BCUT2D eigenvalue weighted by atomic mass is 35.5. The van der Waals surface area contributed by atoms with Crippen LogP contribution >= 0.6 is 19.2 Å². The Hall–Kier alpha value is -1.21. The van der Waals surface area contributed by atoms with Crippen LogP contribution in [0.2, 0.25) is 5.02 Å². The summed E-state index contributed by atoms with van der Waals surface area (Å²) >= 11 is 5.90. The lowest BCUT2D eigenvalue weighted by molar-refractivity contribution is 0.265. The van der Waals surface area contributed by atoms with Crippen molar-refractivity contribution in [2.45, 2.75) is 17.5 Å². The molecule has 142 valence electrons. The molecule has 0 aliphatic rings. The molecule has 6 nitrogen and oxygen atoms in total. The van der Waals surface area contributed by atoms with Crippen molar-refractivity contribution in [2.24, 2.45) is 0 Å². The van der Waals surface area contributed by atoms with Gasteiger partial charge in [0.1, 0.15) is 0 Å². The van der Waals surface area contributed by atoms with Crippen molar-refractivity contribution in [1.82, 2.24) is 4.72 Å². The van der Waals surface area contributed by atoms with Crippen molar-refractivity contribution in [3.63, 3.8) is 0 Å². The third-order valence-electron chi connectivity index (χ3n) is 3.94.